The molecule has 0 saturated heterocycles. The molecule has 4 rings (SSSR count). The van der Waals surface area contributed by atoms with Gasteiger partial charge < -0.3 is 14.6 Å². The molecule has 0 aliphatic carbocycles. The van der Waals surface area contributed by atoms with Gasteiger partial charge in [0.15, 0.2) is 5.13 Å². The lowest BCUT2D eigenvalue weighted by molar-refractivity contribution is 0.243. The number of halogens is 1. The summed E-state index contributed by atoms with van der Waals surface area (Å²) in [6, 6.07) is 8.52. The summed E-state index contributed by atoms with van der Waals surface area (Å²) in [7, 11) is 0. The summed E-state index contributed by atoms with van der Waals surface area (Å²) in [5, 5.41) is 3.92. The summed E-state index contributed by atoms with van der Waals surface area (Å²) in [4.78, 5) is 9.40. The van der Waals surface area contributed by atoms with Gasteiger partial charge in [0.05, 0.1) is 27.5 Å². The Bertz CT molecular complexity index is 1130. The minimum absolute atomic E-state index is 0.00659. The summed E-state index contributed by atoms with van der Waals surface area (Å²) < 4.78 is 22.8. The smallest absolute Gasteiger partial charge is 0.188 e. The quantitative estimate of drug-likeness (QED) is 0.483. The highest BCUT2D eigenvalue weighted by molar-refractivity contribution is 7.22. The average molecular weight is 384 g/mol. The van der Waals surface area contributed by atoms with Crippen molar-refractivity contribution < 1.29 is 9.13 Å². The van der Waals surface area contributed by atoms with Crippen LogP contribution in [0.1, 0.15) is 26.6 Å². The molecule has 0 bridgehead atoms. The molecule has 2 aromatic heterocycles. The van der Waals surface area contributed by atoms with Gasteiger partial charge in [-0.2, -0.15) is 0 Å². The summed E-state index contributed by atoms with van der Waals surface area (Å²) >= 11 is 1.53. The molecule has 0 spiro atoms. The standard InChI is InChI=1S/C20H21FN4OS/c1-5-25-12(4)22-14-7-9-17-18(19(14)25)24-20(27-17)23-15-10-13(21)6-8-16(15)26-11(2)3/h6-11H,5H2,1-4H3,(H,23,24). The number of rotatable bonds is 5. The summed E-state index contributed by atoms with van der Waals surface area (Å²) in [6.45, 7) is 8.81. The van der Waals surface area contributed by atoms with Crippen molar-refractivity contribution in [1.29, 1.82) is 0 Å². The number of imidazole rings is 1. The van der Waals surface area contributed by atoms with Crippen molar-refractivity contribution in [3.8, 4) is 5.75 Å². The third-order valence-corrected chi connectivity index (χ3v) is 5.25. The predicted molar refractivity (Wildman–Crippen MR) is 109 cm³/mol. The molecule has 7 heteroatoms. The van der Waals surface area contributed by atoms with E-state index in [-0.39, 0.29) is 11.9 Å². The van der Waals surface area contributed by atoms with Gasteiger partial charge in [0, 0.05) is 12.6 Å². The Morgan fingerprint density at radius 2 is 2.04 bits per heavy atom. The van der Waals surface area contributed by atoms with Gasteiger partial charge >= 0.3 is 0 Å². The fourth-order valence-electron chi connectivity index (χ4n) is 3.23. The number of aryl methyl sites for hydroxylation is 2. The molecular weight excluding hydrogens is 363 g/mol. The van der Waals surface area contributed by atoms with E-state index in [1.807, 2.05) is 32.9 Å². The largest absolute Gasteiger partial charge is 0.489 e. The van der Waals surface area contributed by atoms with Crippen molar-refractivity contribution in [2.75, 3.05) is 5.32 Å². The first-order valence-corrected chi connectivity index (χ1v) is 9.77. The zero-order valence-corrected chi connectivity index (χ0v) is 16.5. The SMILES string of the molecule is CCn1c(C)nc2ccc3sc(Nc4cc(F)ccc4OC(C)C)nc3c21. The molecule has 27 heavy (non-hydrogen) atoms. The Labute approximate surface area is 160 Å². The second kappa shape index (κ2) is 6.81. The van der Waals surface area contributed by atoms with E-state index in [0.29, 0.717) is 16.6 Å². The lowest BCUT2D eigenvalue weighted by Gasteiger charge is -2.14. The van der Waals surface area contributed by atoms with Gasteiger partial charge in [0.25, 0.3) is 0 Å². The third kappa shape index (κ3) is 3.23. The van der Waals surface area contributed by atoms with Gasteiger partial charge in [0.2, 0.25) is 0 Å². The van der Waals surface area contributed by atoms with Crippen LogP contribution in [0, 0.1) is 12.7 Å². The van der Waals surface area contributed by atoms with Gasteiger partial charge in [-0.25, -0.2) is 14.4 Å². The molecule has 0 aliphatic heterocycles. The molecule has 140 valence electrons. The van der Waals surface area contributed by atoms with Crippen LogP contribution in [0.4, 0.5) is 15.2 Å². The van der Waals surface area contributed by atoms with Gasteiger partial charge in [-0.1, -0.05) is 11.3 Å². The Morgan fingerprint density at radius 1 is 1.22 bits per heavy atom. The summed E-state index contributed by atoms with van der Waals surface area (Å²) in [5.41, 5.74) is 3.45. The molecular formula is C20H21FN4OS. The van der Waals surface area contributed by atoms with Crippen molar-refractivity contribution in [3.05, 3.63) is 42.0 Å². The van der Waals surface area contributed by atoms with Crippen LogP contribution >= 0.6 is 11.3 Å². The fourth-order valence-corrected chi connectivity index (χ4v) is 4.12. The first-order valence-electron chi connectivity index (χ1n) is 8.96. The number of nitrogens with one attached hydrogen (secondary N) is 1. The molecule has 0 radical (unpaired) electrons. The van der Waals surface area contributed by atoms with Crippen molar-refractivity contribution in [2.45, 2.75) is 40.3 Å². The first-order chi connectivity index (χ1) is 13.0. The van der Waals surface area contributed by atoms with E-state index in [2.05, 4.69) is 21.8 Å². The van der Waals surface area contributed by atoms with E-state index in [1.54, 1.807) is 6.07 Å². The van der Waals surface area contributed by atoms with Gasteiger partial charge in [0.1, 0.15) is 22.9 Å². The molecule has 0 saturated carbocycles. The average Bonchev–Trinajstić information content (AvgIpc) is 3.16. The summed E-state index contributed by atoms with van der Waals surface area (Å²) in [6.07, 6.45) is -0.00659. The zero-order valence-electron chi connectivity index (χ0n) is 15.7. The number of hydrogen-bond donors (Lipinski definition) is 1. The van der Waals surface area contributed by atoms with E-state index in [1.165, 1.54) is 23.5 Å². The zero-order chi connectivity index (χ0) is 19.1. The van der Waals surface area contributed by atoms with Crippen LogP contribution in [-0.2, 0) is 6.54 Å². The van der Waals surface area contributed by atoms with Crippen molar-refractivity contribution in [2.24, 2.45) is 0 Å². The van der Waals surface area contributed by atoms with Crippen LogP contribution in [0.2, 0.25) is 0 Å². The Morgan fingerprint density at radius 3 is 2.78 bits per heavy atom. The second-order valence-electron chi connectivity index (χ2n) is 6.63. The van der Waals surface area contributed by atoms with E-state index in [4.69, 9.17) is 9.72 Å². The number of fused-ring (bicyclic) bond motifs is 3. The molecule has 0 unspecified atom stereocenters. The normalized spacial score (nSPS) is 11.6. The fraction of sp³-hybridized carbons (Fsp3) is 0.300. The number of thiazole rings is 1. The van der Waals surface area contributed by atoms with Crippen LogP contribution in [0.5, 0.6) is 5.75 Å². The molecule has 0 aliphatic rings. The highest BCUT2D eigenvalue weighted by Crippen LogP contribution is 2.36. The molecule has 2 aromatic carbocycles. The Balaban J connectivity index is 1.80. The van der Waals surface area contributed by atoms with Crippen LogP contribution < -0.4 is 10.1 Å². The monoisotopic (exact) mass is 384 g/mol. The molecule has 5 nitrogen and oxygen atoms in total. The minimum atomic E-state index is -0.322. The Kier molecular flexibility index (Phi) is 4.47. The van der Waals surface area contributed by atoms with E-state index >= 15 is 0 Å². The van der Waals surface area contributed by atoms with Gasteiger partial charge in [-0.3, -0.25) is 0 Å². The van der Waals surface area contributed by atoms with Crippen LogP contribution in [0.3, 0.4) is 0 Å². The molecule has 2 heterocycles. The van der Waals surface area contributed by atoms with Crippen LogP contribution in [-0.4, -0.2) is 20.6 Å². The number of anilines is 2. The number of ether oxygens (including phenoxy) is 1. The molecule has 0 amide bonds. The number of aromatic nitrogens is 3. The molecule has 0 fully saturated rings. The van der Waals surface area contributed by atoms with Gasteiger partial charge in [-0.15, -0.1) is 0 Å². The van der Waals surface area contributed by atoms with Crippen molar-refractivity contribution in [3.63, 3.8) is 0 Å². The predicted octanol–water partition coefficient (Wildman–Crippen LogP) is 5.64. The summed E-state index contributed by atoms with van der Waals surface area (Å²) in [5.74, 6) is 1.25. The number of nitrogens with zero attached hydrogens (tertiary/aromatic N) is 3. The highest BCUT2D eigenvalue weighted by atomic mass is 32.1. The minimum Gasteiger partial charge on any atom is -0.489 e. The highest BCUT2D eigenvalue weighted by Gasteiger charge is 2.15. The number of benzene rings is 2. The van der Waals surface area contributed by atoms with Crippen molar-refractivity contribution in [1.82, 2.24) is 14.5 Å². The van der Waals surface area contributed by atoms with E-state index in [9.17, 15) is 4.39 Å². The maximum absolute atomic E-state index is 13.8. The van der Waals surface area contributed by atoms with Gasteiger partial charge in [-0.05, 0) is 52.0 Å². The van der Waals surface area contributed by atoms with Crippen LogP contribution in [0.15, 0.2) is 30.3 Å². The lowest BCUT2D eigenvalue weighted by Crippen LogP contribution is -2.07. The molecule has 1 N–H and O–H groups in total. The Hall–Kier alpha value is -2.67. The molecule has 0 atom stereocenters. The first kappa shape index (κ1) is 17.7. The van der Waals surface area contributed by atoms with Crippen LogP contribution in [0.25, 0.3) is 21.3 Å². The second-order valence-corrected chi connectivity index (χ2v) is 7.67. The lowest BCUT2D eigenvalue weighted by atomic mass is 10.2. The van der Waals surface area contributed by atoms with Crippen molar-refractivity contribution >= 4 is 43.4 Å². The van der Waals surface area contributed by atoms with E-state index in [0.717, 1.165) is 33.6 Å². The number of hydrogen-bond acceptors (Lipinski definition) is 5. The maximum Gasteiger partial charge on any atom is 0.188 e. The molecule has 4 aromatic rings. The maximum atomic E-state index is 13.8. The third-order valence-electron chi connectivity index (χ3n) is 4.32. The van der Waals surface area contributed by atoms with E-state index < -0.39 is 0 Å². The topological polar surface area (TPSA) is 52.0 Å².